The first kappa shape index (κ1) is 19.1. The van der Waals surface area contributed by atoms with Crippen molar-refractivity contribution in [2.75, 3.05) is 0 Å². The lowest BCUT2D eigenvalue weighted by molar-refractivity contribution is -0.121. The van der Waals surface area contributed by atoms with E-state index in [0.717, 1.165) is 11.1 Å². The van der Waals surface area contributed by atoms with Crippen molar-refractivity contribution >= 4 is 22.5 Å². The molecule has 1 heterocycles. The van der Waals surface area contributed by atoms with Crippen molar-refractivity contribution in [2.45, 2.75) is 6.54 Å². The first-order valence-electron chi connectivity index (χ1n) is 9.33. The molecule has 7 heteroatoms. The van der Waals surface area contributed by atoms with Gasteiger partial charge in [-0.05, 0) is 12.1 Å². The molecule has 7 nitrogen and oxygen atoms in total. The van der Waals surface area contributed by atoms with E-state index in [9.17, 15) is 14.4 Å². The summed E-state index contributed by atoms with van der Waals surface area (Å²) in [5, 5.41) is 4.65. The maximum Gasteiger partial charge on any atom is 0.329 e. The number of rotatable bonds is 5. The summed E-state index contributed by atoms with van der Waals surface area (Å²) in [6.07, 6.45) is 0. The molecule has 0 fully saturated rings. The number of aromatic amines is 1. The molecule has 0 spiro atoms. The number of nitrogens with zero attached hydrogens (tertiary/aromatic N) is 2. The molecular formula is C23H18N4O3. The minimum atomic E-state index is -0.649. The van der Waals surface area contributed by atoms with Crippen LogP contribution in [-0.4, -0.2) is 21.2 Å². The van der Waals surface area contributed by atoms with Crippen molar-refractivity contribution in [1.82, 2.24) is 15.0 Å². The summed E-state index contributed by atoms with van der Waals surface area (Å²) < 4.78 is 1.21. The van der Waals surface area contributed by atoms with Crippen molar-refractivity contribution in [3.63, 3.8) is 0 Å². The minimum Gasteiger partial charge on any atom is -0.284 e. The number of hydrogen-bond donors (Lipinski definition) is 2. The van der Waals surface area contributed by atoms with E-state index in [0.29, 0.717) is 16.6 Å². The van der Waals surface area contributed by atoms with Crippen LogP contribution in [0.1, 0.15) is 11.1 Å². The summed E-state index contributed by atoms with van der Waals surface area (Å²) in [5.41, 5.74) is 4.07. The van der Waals surface area contributed by atoms with Gasteiger partial charge in [0.15, 0.2) is 0 Å². The monoisotopic (exact) mass is 398 g/mol. The van der Waals surface area contributed by atoms with E-state index in [1.54, 1.807) is 24.3 Å². The zero-order valence-corrected chi connectivity index (χ0v) is 15.9. The zero-order valence-electron chi connectivity index (χ0n) is 15.9. The number of H-pyrrole nitrogens is 1. The normalized spacial score (nSPS) is 10.5. The van der Waals surface area contributed by atoms with Gasteiger partial charge in [-0.3, -0.25) is 19.1 Å². The molecule has 0 bridgehead atoms. The van der Waals surface area contributed by atoms with Gasteiger partial charge >= 0.3 is 5.69 Å². The van der Waals surface area contributed by atoms with Gasteiger partial charge in [-0.15, -0.1) is 0 Å². The molecule has 1 amide bonds. The summed E-state index contributed by atoms with van der Waals surface area (Å²) in [6, 6.07) is 25.6. The third-order valence-electron chi connectivity index (χ3n) is 4.59. The quantitative estimate of drug-likeness (QED) is 0.399. The summed E-state index contributed by atoms with van der Waals surface area (Å²) in [6.45, 7) is -0.281. The number of carbonyl (C=O) groups excluding carboxylic acids is 1. The maximum atomic E-state index is 12.6. The van der Waals surface area contributed by atoms with Crippen molar-refractivity contribution in [2.24, 2.45) is 5.10 Å². The van der Waals surface area contributed by atoms with Crippen LogP contribution < -0.4 is 16.7 Å². The molecule has 0 saturated carbocycles. The van der Waals surface area contributed by atoms with Crippen LogP contribution in [0.3, 0.4) is 0 Å². The van der Waals surface area contributed by atoms with Crippen LogP contribution in [0.25, 0.3) is 10.9 Å². The average Bonchev–Trinajstić information content (AvgIpc) is 2.78. The highest BCUT2D eigenvalue weighted by Crippen LogP contribution is 2.10. The zero-order chi connectivity index (χ0) is 20.9. The van der Waals surface area contributed by atoms with E-state index >= 15 is 0 Å². The Hall–Kier alpha value is -4.26. The molecule has 4 rings (SSSR count). The fourth-order valence-corrected chi connectivity index (χ4v) is 3.18. The van der Waals surface area contributed by atoms with Gasteiger partial charge in [0, 0.05) is 11.1 Å². The standard InChI is InChI=1S/C23H18N4O3/c28-20(15-27-19-14-8-7-13-18(19)22(29)24-23(27)30)25-26-21(16-9-3-1-4-10-16)17-11-5-2-6-12-17/h1-14H,15H2,(H,25,28)(H,24,29,30). The molecule has 30 heavy (non-hydrogen) atoms. The Kier molecular flexibility index (Phi) is 5.34. The molecule has 0 saturated heterocycles. The highest BCUT2D eigenvalue weighted by atomic mass is 16.2. The molecule has 0 unspecified atom stereocenters. The lowest BCUT2D eigenvalue weighted by Gasteiger charge is -2.10. The molecule has 0 atom stereocenters. The Morgan fingerprint density at radius 1 is 0.833 bits per heavy atom. The van der Waals surface area contributed by atoms with Crippen LogP contribution in [0.2, 0.25) is 0 Å². The molecule has 0 radical (unpaired) electrons. The van der Waals surface area contributed by atoms with Gasteiger partial charge in [0.1, 0.15) is 6.54 Å². The number of benzene rings is 3. The highest BCUT2D eigenvalue weighted by Gasteiger charge is 2.12. The van der Waals surface area contributed by atoms with Crippen molar-refractivity contribution in [3.8, 4) is 0 Å². The fraction of sp³-hybridized carbons (Fsp3) is 0.0435. The SMILES string of the molecule is O=C(Cn1c(=O)[nH]c(=O)c2ccccc21)NN=C(c1ccccc1)c1ccccc1. The van der Waals surface area contributed by atoms with Crippen molar-refractivity contribution in [1.29, 1.82) is 0 Å². The van der Waals surface area contributed by atoms with Gasteiger partial charge in [-0.2, -0.15) is 5.10 Å². The van der Waals surface area contributed by atoms with Crippen molar-refractivity contribution in [3.05, 3.63) is 117 Å². The van der Waals surface area contributed by atoms with Crippen molar-refractivity contribution < 1.29 is 4.79 Å². The Bertz CT molecular complexity index is 1300. The second-order valence-electron chi connectivity index (χ2n) is 6.59. The molecule has 4 aromatic rings. The molecule has 2 N–H and O–H groups in total. The van der Waals surface area contributed by atoms with E-state index in [2.05, 4.69) is 15.5 Å². The number of nitrogens with one attached hydrogen (secondary N) is 2. The lowest BCUT2D eigenvalue weighted by Crippen LogP contribution is -2.35. The van der Waals surface area contributed by atoms with Gasteiger partial charge < -0.3 is 0 Å². The number of aromatic nitrogens is 2. The summed E-state index contributed by atoms with van der Waals surface area (Å²) in [7, 11) is 0. The Balaban J connectivity index is 1.65. The second-order valence-corrected chi connectivity index (χ2v) is 6.59. The molecule has 148 valence electrons. The third-order valence-corrected chi connectivity index (χ3v) is 4.59. The van der Waals surface area contributed by atoms with E-state index in [1.807, 2.05) is 60.7 Å². The van der Waals surface area contributed by atoms with Gasteiger partial charge in [0.2, 0.25) is 0 Å². The first-order chi connectivity index (χ1) is 14.6. The number of hydrogen-bond acceptors (Lipinski definition) is 4. The van der Waals surface area contributed by atoms with E-state index in [4.69, 9.17) is 0 Å². The molecule has 1 aromatic heterocycles. The Morgan fingerprint density at radius 2 is 1.40 bits per heavy atom. The van der Waals surface area contributed by atoms with Crippen LogP contribution in [-0.2, 0) is 11.3 Å². The number of para-hydroxylation sites is 1. The summed E-state index contributed by atoms with van der Waals surface area (Å²) in [4.78, 5) is 39.1. The first-order valence-corrected chi connectivity index (χ1v) is 9.33. The van der Waals surface area contributed by atoms with Crippen LogP contribution >= 0.6 is 0 Å². The van der Waals surface area contributed by atoms with E-state index in [1.165, 1.54) is 4.57 Å². The Morgan fingerprint density at radius 3 is 2.03 bits per heavy atom. The summed E-state index contributed by atoms with van der Waals surface area (Å²) >= 11 is 0. The van der Waals surface area contributed by atoms with Gasteiger partial charge in [-0.1, -0.05) is 72.8 Å². The van der Waals surface area contributed by atoms with Crippen LogP contribution in [0, 0.1) is 0 Å². The summed E-state index contributed by atoms with van der Waals surface area (Å²) in [5.74, 6) is -0.487. The second kappa shape index (κ2) is 8.40. The van der Waals surface area contributed by atoms with Crippen LogP contribution in [0.4, 0.5) is 0 Å². The number of carbonyl (C=O) groups is 1. The topological polar surface area (TPSA) is 96.3 Å². The average molecular weight is 398 g/mol. The molecule has 3 aromatic carbocycles. The Labute approximate surface area is 171 Å². The number of amides is 1. The largest absolute Gasteiger partial charge is 0.329 e. The third kappa shape index (κ3) is 3.95. The van der Waals surface area contributed by atoms with E-state index < -0.39 is 17.2 Å². The van der Waals surface area contributed by atoms with Crippen LogP contribution in [0.15, 0.2) is 99.6 Å². The highest BCUT2D eigenvalue weighted by molar-refractivity contribution is 6.13. The molecule has 0 aliphatic rings. The predicted molar refractivity (Wildman–Crippen MR) is 115 cm³/mol. The number of hydrazone groups is 1. The predicted octanol–water partition coefficient (Wildman–Crippen LogP) is 2.26. The minimum absolute atomic E-state index is 0.281. The lowest BCUT2D eigenvalue weighted by atomic mass is 10.0. The maximum absolute atomic E-state index is 12.6. The van der Waals surface area contributed by atoms with Crippen LogP contribution in [0.5, 0.6) is 0 Å². The smallest absolute Gasteiger partial charge is 0.284 e. The molecular weight excluding hydrogens is 380 g/mol. The van der Waals surface area contributed by atoms with Gasteiger partial charge in [-0.25, -0.2) is 10.2 Å². The van der Waals surface area contributed by atoms with Gasteiger partial charge in [0.25, 0.3) is 11.5 Å². The van der Waals surface area contributed by atoms with E-state index in [-0.39, 0.29) is 6.54 Å². The fourth-order valence-electron chi connectivity index (χ4n) is 3.18. The number of fused-ring (bicyclic) bond motifs is 1. The molecule has 0 aliphatic carbocycles. The molecule has 0 aliphatic heterocycles. The van der Waals surface area contributed by atoms with Gasteiger partial charge in [0.05, 0.1) is 16.6 Å².